The predicted octanol–water partition coefficient (Wildman–Crippen LogP) is 1.49. The number of aromatic nitrogens is 2. The minimum absolute atomic E-state index is 0.270. The number of aryl methyl sites for hydroxylation is 1. The number of carbonyl (C=O) groups is 2. The summed E-state index contributed by atoms with van der Waals surface area (Å²) in [5.74, 6) is -0.791. The van der Waals surface area contributed by atoms with Crippen molar-refractivity contribution in [2.45, 2.75) is 13.0 Å². The summed E-state index contributed by atoms with van der Waals surface area (Å²) >= 11 is 0. The number of carbonyl (C=O) groups excluding carboxylic acids is 2. The number of benzene rings is 1. The summed E-state index contributed by atoms with van der Waals surface area (Å²) in [7, 11) is 1.29. The van der Waals surface area contributed by atoms with Crippen LogP contribution in [-0.2, 0) is 11.3 Å². The topological polar surface area (TPSA) is 73.2 Å². The fraction of sp³-hybridized carbons (Fsp3) is 0.267. The molecule has 1 aromatic heterocycles. The van der Waals surface area contributed by atoms with Crippen LogP contribution in [0.5, 0.6) is 0 Å². The second-order valence-electron chi connectivity index (χ2n) is 4.45. The van der Waals surface area contributed by atoms with Gasteiger partial charge in [-0.15, -0.1) is 0 Å². The Kier molecular flexibility index (Phi) is 5.09. The molecule has 0 aliphatic carbocycles. The highest BCUT2D eigenvalue weighted by Crippen LogP contribution is 2.10. The molecule has 1 amide bonds. The van der Waals surface area contributed by atoms with Crippen LogP contribution in [0.15, 0.2) is 43.0 Å². The van der Waals surface area contributed by atoms with Crippen LogP contribution in [0.3, 0.4) is 0 Å². The number of nitrogens with one attached hydrogen (secondary N) is 1. The van der Waals surface area contributed by atoms with E-state index in [9.17, 15) is 9.59 Å². The lowest BCUT2D eigenvalue weighted by atomic mass is 10.1. The first-order valence-corrected chi connectivity index (χ1v) is 6.63. The summed E-state index contributed by atoms with van der Waals surface area (Å²) in [6, 6.07) is 6.60. The highest BCUT2D eigenvalue weighted by atomic mass is 16.5. The summed E-state index contributed by atoms with van der Waals surface area (Å²) in [6.45, 7) is 1.30. The smallest absolute Gasteiger partial charge is 0.338 e. The number of imidazole rings is 1. The summed E-state index contributed by atoms with van der Waals surface area (Å²) in [5, 5.41) is 2.80. The van der Waals surface area contributed by atoms with Gasteiger partial charge < -0.3 is 14.6 Å². The molecule has 6 nitrogen and oxygen atoms in total. The largest absolute Gasteiger partial charge is 0.465 e. The lowest BCUT2D eigenvalue weighted by Crippen LogP contribution is -2.27. The molecule has 110 valence electrons. The van der Waals surface area contributed by atoms with E-state index in [4.69, 9.17) is 0 Å². The van der Waals surface area contributed by atoms with Crippen molar-refractivity contribution < 1.29 is 14.3 Å². The quantitative estimate of drug-likeness (QED) is 0.645. The molecule has 0 unspecified atom stereocenters. The molecule has 0 bridgehead atoms. The monoisotopic (exact) mass is 287 g/mol. The number of hydrogen-bond donors (Lipinski definition) is 1. The lowest BCUT2D eigenvalue weighted by Gasteiger charge is -2.09. The predicted molar refractivity (Wildman–Crippen MR) is 77.0 cm³/mol. The van der Waals surface area contributed by atoms with Gasteiger partial charge in [-0.2, -0.15) is 0 Å². The minimum atomic E-state index is -0.515. The van der Waals surface area contributed by atoms with Crippen molar-refractivity contribution in [3.63, 3.8) is 0 Å². The van der Waals surface area contributed by atoms with Gasteiger partial charge >= 0.3 is 5.97 Å². The van der Waals surface area contributed by atoms with E-state index in [0.717, 1.165) is 13.0 Å². The number of amides is 1. The van der Waals surface area contributed by atoms with E-state index in [2.05, 4.69) is 15.0 Å². The summed E-state index contributed by atoms with van der Waals surface area (Å²) in [4.78, 5) is 27.7. The number of hydrogen-bond acceptors (Lipinski definition) is 4. The molecule has 0 saturated carbocycles. The Hall–Kier alpha value is -2.63. The van der Waals surface area contributed by atoms with Gasteiger partial charge in [-0.3, -0.25) is 4.79 Å². The van der Waals surface area contributed by atoms with Crippen LogP contribution in [0.2, 0.25) is 0 Å². The van der Waals surface area contributed by atoms with E-state index in [-0.39, 0.29) is 11.5 Å². The fourth-order valence-electron chi connectivity index (χ4n) is 1.95. The number of nitrogens with zero attached hydrogens (tertiary/aromatic N) is 2. The van der Waals surface area contributed by atoms with Gasteiger partial charge in [-0.25, -0.2) is 9.78 Å². The third-order valence-electron chi connectivity index (χ3n) is 3.01. The van der Waals surface area contributed by atoms with Gasteiger partial charge in [0, 0.05) is 25.5 Å². The van der Waals surface area contributed by atoms with E-state index in [1.807, 2.05) is 10.8 Å². The van der Waals surface area contributed by atoms with Crippen molar-refractivity contribution in [1.82, 2.24) is 14.9 Å². The lowest BCUT2D eigenvalue weighted by molar-refractivity contribution is 0.0596. The molecule has 0 fully saturated rings. The Labute approximate surface area is 122 Å². The van der Waals surface area contributed by atoms with Crippen LogP contribution >= 0.6 is 0 Å². The summed E-state index contributed by atoms with van der Waals surface area (Å²) < 4.78 is 6.61. The SMILES string of the molecule is COC(=O)c1ccccc1C(=O)NCCCn1ccnc1. The normalized spacial score (nSPS) is 10.1. The van der Waals surface area contributed by atoms with Crippen molar-refractivity contribution >= 4 is 11.9 Å². The van der Waals surface area contributed by atoms with E-state index in [0.29, 0.717) is 12.1 Å². The van der Waals surface area contributed by atoms with E-state index < -0.39 is 5.97 Å². The van der Waals surface area contributed by atoms with Crippen LogP contribution in [-0.4, -0.2) is 35.1 Å². The van der Waals surface area contributed by atoms with Gasteiger partial charge in [-0.05, 0) is 18.6 Å². The molecule has 0 spiro atoms. The molecule has 0 atom stereocenters. The van der Waals surface area contributed by atoms with E-state index in [1.54, 1.807) is 36.8 Å². The molecule has 6 heteroatoms. The molecular weight excluding hydrogens is 270 g/mol. The Morgan fingerprint density at radius 3 is 2.71 bits per heavy atom. The summed E-state index contributed by atoms with van der Waals surface area (Å²) in [5.41, 5.74) is 0.596. The number of rotatable bonds is 6. The zero-order valence-electron chi connectivity index (χ0n) is 11.8. The molecule has 1 heterocycles. The Bertz CT molecular complexity index is 608. The van der Waals surface area contributed by atoms with Gasteiger partial charge in [0.1, 0.15) is 0 Å². The maximum Gasteiger partial charge on any atom is 0.338 e. The number of methoxy groups -OCH3 is 1. The van der Waals surface area contributed by atoms with Crippen molar-refractivity contribution in [3.8, 4) is 0 Å². The highest BCUT2D eigenvalue weighted by Gasteiger charge is 2.16. The van der Waals surface area contributed by atoms with Crippen LogP contribution < -0.4 is 5.32 Å². The first-order chi connectivity index (χ1) is 10.2. The molecule has 21 heavy (non-hydrogen) atoms. The molecule has 2 aromatic rings. The second-order valence-corrected chi connectivity index (χ2v) is 4.45. The van der Waals surface area contributed by atoms with Gasteiger partial charge in [-0.1, -0.05) is 12.1 Å². The first kappa shape index (κ1) is 14.8. The van der Waals surface area contributed by atoms with Crippen LogP contribution in [0, 0.1) is 0 Å². The van der Waals surface area contributed by atoms with Crippen molar-refractivity contribution in [2.24, 2.45) is 0 Å². The summed E-state index contributed by atoms with van der Waals surface area (Å²) in [6.07, 6.45) is 6.09. The van der Waals surface area contributed by atoms with Crippen molar-refractivity contribution in [2.75, 3.05) is 13.7 Å². The Balaban J connectivity index is 1.90. The first-order valence-electron chi connectivity index (χ1n) is 6.63. The molecule has 0 aliphatic rings. The zero-order chi connectivity index (χ0) is 15.1. The average molecular weight is 287 g/mol. The molecule has 1 N–H and O–H groups in total. The van der Waals surface area contributed by atoms with Gasteiger partial charge in [0.05, 0.1) is 24.6 Å². The van der Waals surface area contributed by atoms with Crippen LogP contribution in [0.1, 0.15) is 27.1 Å². The third kappa shape index (κ3) is 3.92. The fourth-order valence-corrected chi connectivity index (χ4v) is 1.95. The standard InChI is InChI=1S/C15H17N3O3/c1-21-15(20)13-6-3-2-5-12(13)14(19)17-7-4-9-18-10-8-16-11-18/h2-3,5-6,8,10-11H,4,7,9H2,1H3,(H,17,19). The van der Waals surface area contributed by atoms with Crippen molar-refractivity contribution in [3.05, 3.63) is 54.1 Å². The average Bonchev–Trinajstić information content (AvgIpc) is 3.04. The molecule has 0 saturated heterocycles. The minimum Gasteiger partial charge on any atom is -0.465 e. The molecular formula is C15H17N3O3. The van der Waals surface area contributed by atoms with Gasteiger partial charge in [0.2, 0.25) is 0 Å². The molecule has 2 rings (SSSR count). The van der Waals surface area contributed by atoms with Gasteiger partial charge in [0.25, 0.3) is 5.91 Å². The van der Waals surface area contributed by atoms with E-state index >= 15 is 0 Å². The maximum atomic E-state index is 12.1. The highest BCUT2D eigenvalue weighted by molar-refractivity contribution is 6.05. The molecule has 0 radical (unpaired) electrons. The van der Waals surface area contributed by atoms with E-state index in [1.165, 1.54) is 7.11 Å². The number of esters is 1. The second kappa shape index (κ2) is 7.23. The van der Waals surface area contributed by atoms with Crippen molar-refractivity contribution in [1.29, 1.82) is 0 Å². The Morgan fingerprint density at radius 1 is 1.29 bits per heavy atom. The molecule has 0 aliphatic heterocycles. The van der Waals surface area contributed by atoms with Gasteiger partial charge in [0.15, 0.2) is 0 Å². The third-order valence-corrected chi connectivity index (χ3v) is 3.01. The van der Waals surface area contributed by atoms with Crippen LogP contribution in [0.25, 0.3) is 0 Å². The zero-order valence-corrected chi connectivity index (χ0v) is 11.8. The molecule has 1 aromatic carbocycles. The maximum absolute atomic E-state index is 12.1. The van der Waals surface area contributed by atoms with Crippen LogP contribution in [0.4, 0.5) is 0 Å². The number of ether oxygens (including phenoxy) is 1. The Morgan fingerprint density at radius 2 is 2.05 bits per heavy atom.